The number of fused-ring (bicyclic) bond motifs is 1. The Morgan fingerprint density at radius 2 is 2.17 bits per heavy atom. The lowest BCUT2D eigenvalue weighted by atomic mass is 10.3. The van der Waals surface area contributed by atoms with Gasteiger partial charge in [-0.15, -0.1) is 0 Å². The molecule has 18 heavy (non-hydrogen) atoms. The molecule has 2 heterocycles. The van der Waals surface area contributed by atoms with E-state index in [1.165, 1.54) is 6.33 Å². The van der Waals surface area contributed by atoms with Gasteiger partial charge in [-0.2, -0.15) is 0 Å². The standard InChI is InChI=1S/C11H8ClN3O3/c12-9-10(13-4-14-11(9)16)15-6-1-2-7-8(3-6)18-5-17-7/h1-4H,5H2,(H2,13,14,15,16). The van der Waals surface area contributed by atoms with Crippen LogP contribution in [0.5, 0.6) is 11.5 Å². The van der Waals surface area contributed by atoms with Crippen molar-refractivity contribution in [2.75, 3.05) is 12.1 Å². The highest BCUT2D eigenvalue weighted by Crippen LogP contribution is 2.35. The Bertz CT molecular complexity index is 656. The molecule has 0 radical (unpaired) electrons. The molecule has 0 aliphatic carbocycles. The third kappa shape index (κ3) is 1.86. The molecule has 2 N–H and O–H groups in total. The molecule has 0 spiro atoms. The summed E-state index contributed by atoms with van der Waals surface area (Å²) in [6, 6.07) is 5.31. The van der Waals surface area contributed by atoms with Crippen LogP contribution in [0, 0.1) is 0 Å². The van der Waals surface area contributed by atoms with Gasteiger partial charge in [-0.3, -0.25) is 4.79 Å². The Labute approximate surface area is 107 Å². The van der Waals surface area contributed by atoms with Crippen LogP contribution in [0.25, 0.3) is 0 Å². The zero-order chi connectivity index (χ0) is 12.5. The molecule has 1 aromatic heterocycles. The van der Waals surface area contributed by atoms with Crippen LogP contribution < -0.4 is 20.3 Å². The Morgan fingerprint density at radius 3 is 3.06 bits per heavy atom. The van der Waals surface area contributed by atoms with Gasteiger partial charge in [0.05, 0.1) is 6.33 Å². The molecule has 7 heteroatoms. The van der Waals surface area contributed by atoms with E-state index in [1.807, 2.05) is 0 Å². The molecule has 2 aromatic rings. The summed E-state index contributed by atoms with van der Waals surface area (Å²) >= 11 is 5.84. The van der Waals surface area contributed by atoms with E-state index in [-0.39, 0.29) is 11.8 Å². The van der Waals surface area contributed by atoms with E-state index in [0.29, 0.717) is 23.0 Å². The summed E-state index contributed by atoms with van der Waals surface area (Å²) < 4.78 is 10.4. The molecular formula is C11H8ClN3O3. The maximum absolute atomic E-state index is 11.3. The van der Waals surface area contributed by atoms with E-state index in [4.69, 9.17) is 21.1 Å². The predicted octanol–water partition coefficient (Wildman–Crippen LogP) is 1.90. The van der Waals surface area contributed by atoms with Gasteiger partial charge in [-0.05, 0) is 12.1 Å². The summed E-state index contributed by atoms with van der Waals surface area (Å²) in [5.41, 5.74) is 0.314. The third-order valence-electron chi connectivity index (χ3n) is 2.43. The molecule has 0 bridgehead atoms. The lowest BCUT2D eigenvalue weighted by Crippen LogP contribution is -2.09. The molecule has 3 rings (SSSR count). The maximum atomic E-state index is 11.3. The van der Waals surface area contributed by atoms with Gasteiger partial charge in [0.1, 0.15) is 5.02 Å². The Morgan fingerprint density at radius 1 is 1.33 bits per heavy atom. The number of ether oxygens (including phenoxy) is 2. The normalized spacial score (nSPS) is 12.5. The molecular weight excluding hydrogens is 258 g/mol. The summed E-state index contributed by atoms with van der Waals surface area (Å²) in [6.07, 6.45) is 1.28. The second-order valence-electron chi connectivity index (χ2n) is 3.59. The smallest absolute Gasteiger partial charge is 0.271 e. The number of anilines is 2. The van der Waals surface area contributed by atoms with Crippen molar-refractivity contribution in [2.24, 2.45) is 0 Å². The molecule has 1 aliphatic rings. The number of aromatic amines is 1. The SMILES string of the molecule is O=c1[nH]cnc(Nc2ccc3c(c2)OCO3)c1Cl. The van der Waals surface area contributed by atoms with Crippen LogP contribution in [0.3, 0.4) is 0 Å². The zero-order valence-electron chi connectivity index (χ0n) is 9.07. The van der Waals surface area contributed by atoms with E-state index >= 15 is 0 Å². The molecule has 92 valence electrons. The first-order valence-electron chi connectivity index (χ1n) is 5.14. The minimum absolute atomic E-state index is 0.00941. The minimum atomic E-state index is -0.394. The van der Waals surface area contributed by atoms with Crippen molar-refractivity contribution in [2.45, 2.75) is 0 Å². The number of hydrogen-bond donors (Lipinski definition) is 2. The fraction of sp³-hybridized carbons (Fsp3) is 0.0909. The minimum Gasteiger partial charge on any atom is -0.454 e. The fourth-order valence-corrected chi connectivity index (χ4v) is 1.73. The van der Waals surface area contributed by atoms with E-state index in [9.17, 15) is 4.79 Å². The fourth-order valence-electron chi connectivity index (χ4n) is 1.58. The number of rotatable bonds is 2. The number of nitrogens with one attached hydrogen (secondary N) is 2. The summed E-state index contributed by atoms with van der Waals surface area (Å²) in [5, 5.41) is 2.95. The average molecular weight is 266 g/mol. The predicted molar refractivity (Wildman–Crippen MR) is 65.7 cm³/mol. The number of H-pyrrole nitrogens is 1. The van der Waals surface area contributed by atoms with Gasteiger partial charge in [0, 0.05) is 11.8 Å². The summed E-state index contributed by atoms with van der Waals surface area (Å²) in [4.78, 5) is 17.6. The average Bonchev–Trinajstić information content (AvgIpc) is 2.82. The third-order valence-corrected chi connectivity index (χ3v) is 2.78. The van der Waals surface area contributed by atoms with Gasteiger partial charge < -0.3 is 19.8 Å². The molecule has 0 unspecified atom stereocenters. The molecule has 0 amide bonds. The molecule has 0 atom stereocenters. The van der Waals surface area contributed by atoms with E-state index in [1.54, 1.807) is 18.2 Å². The molecule has 1 aromatic carbocycles. The molecule has 1 aliphatic heterocycles. The van der Waals surface area contributed by atoms with E-state index in [2.05, 4.69) is 15.3 Å². The van der Waals surface area contributed by atoms with Gasteiger partial charge >= 0.3 is 0 Å². The van der Waals surface area contributed by atoms with Crippen molar-refractivity contribution < 1.29 is 9.47 Å². The number of halogens is 1. The first-order chi connectivity index (χ1) is 8.74. The Balaban J connectivity index is 1.93. The number of benzene rings is 1. The van der Waals surface area contributed by atoms with Crippen molar-refractivity contribution in [3.8, 4) is 11.5 Å². The van der Waals surface area contributed by atoms with E-state index in [0.717, 1.165) is 0 Å². The first-order valence-corrected chi connectivity index (χ1v) is 5.52. The number of nitrogens with zero attached hydrogens (tertiary/aromatic N) is 1. The first kappa shape index (κ1) is 10.9. The summed E-state index contributed by atoms with van der Waals surface area (Å²) in [5.74, 6) is 1.62. The summed E-state index contributed by atoms with van der Waals surface area (Å²) in [7, 11) is 0. The Hall–Kier alpha value is -2.21. The second kappa shape index (κ2) is 4.23. The van der Waals surface area contributed by atoms with Crippen molar-refractivity contribution in [3.63, 3.8) is 0 Å². The monoisotopic (exact) mass is 265 g/mol. The Kier molecular flexibility index (Phi) is 2.56. The van der Waals surface area contributed by atoms with Crippen LogP contribution in [0.2, 0.25) is 5.02 Å². The lowest BCUT2D eigenvalue weighted by Gasteiger charge is -2.06. The highest BCUT2D eigenvalue weighted by atomic mass is 35.5. The van der Waals surface area contributed by atoms with Crippen molar-refractivity contribution in [3.05, 3.63) is 39.9 Å². The van der Waals surface area contributed by atoms with Gasteiger partial charge in [-0.25, -0.2) is 4.98 Å². The highest BCUT2D eigenvalue weighted by molar-refractivity contribution is 6.32. The van der Waals surface area contributed by atoms with Gasteiger partial charge in [0.15, 0.2) is 17.3 Å². The van der Waals surface area contributed by atoms with Crippen molar-refractivity contribution >= 4 is 23.1 Å². The number of hydrogen-bond acceptors (Lipinski definition) is 5. The quantitative estimate of drug-likeness (QED) is 0.867. The zero-order valence-corrected chi connectivity index (χ0v) is 9.82. The second-order valence-corrected chi connectivity index (χ2v) is 3.97. The van der Waals surface area contributed by atoms with Crippen LogP contribution in [0.1, 0.15) is 0 Å². The summed E-state index contributed by atoms with van der Waals surface area (Å²) in [6.45, 7) is 0.211. The molecule has 0 saturated carbocycles. The van der Waals surface area contributed by atoms with Gasteiger partial charge in [0.25, 0.3) is 5.56 Å². The molecule has 6 nitrogen and oxygen atoms in total. The van der Waals surface area contributed by atoms with Crippen molar-refractivity contribution in [1.29, 1.82) is 0 Å². The van der Waals surface area contributed by atoms with Gasteiger partial charge in [-0.1, -0.05) is 11.6 Å². The largest absolute Gasteiger partial charge is 0.454 e. The molecule has 0 fully saturated rings. The lowest BCUT2D eigenvalue weighted by molar-refractivity contribution is 0.174. The highest BCUT2D eigenvalue weighted by Gasteiger charge is 2.14. The van der Waals surface area contributed by atoms with E-state index < -0.39 is 5.56 Å². The molecule has 0 saturated heterocycles. The van der Waals surface area contributed by atoms with Crippen LogP contribution in [0.15, 0.2) is 29.3 Å². The topological polar surface area (TPSA) is 76.2 Å². The van der Waals surface area contributed by atoms with Crippen molar-refractivity contribution in [1.82, 2.24) is 9.97 Å². The van der Waals surface area contributed by atoms with Gasteiger partial charge in [0.2, 0.25) is 6.79 Å². The van der Waals surface area contributed by atoms with Crippen LogP contribution >= 0.6 is 11.6 Å². The van der Waals surface area contributed by atoms with Crippen LogP contribution in [-0.2, 0) is 0 Å². The maximum Gasteiger partial charge on any atom is 0.271 e. The van der Waals surface area contributed by atoms with Crippen LogP contribution in [0.4, 0.5) is 11.5 Å². The van der Waals surface area contributed by atoms with Crippen LogP contribution in [-0.4, -0.2) is 16.8 Å². The number of aromatic nitrogens is 2.